The molecule has 1 atom stereocenters. The Kier molecular flexibility index (Phi) is 2.60. The average molecular weight is 278 g/mol. The second-order valence-corrected chi connectivity index (χ2v) is 5.58. The van der Waals surface area contributed by atoms with E-state index in [1.807, 2.05) is 30.3 Å². The molecule has 21 heavy (non-hydrogen) atoms. The molecule has 5 heteroatoms. The molecule has 1 aliphatic carbocycles. The zero-order chi connectivity index (χ0) is 14.4. The molecular formula is C16H14N4O. The van der Waals surface area contributed by atoms with Crippen molar-refractivity contribution in [1.29, 1.82) is 0 Å². The van der Waals surface area contributed by atoms with E-state index in [-0.39, 0.29) is 5.78 Å². The minimum atomic E-state index is 0.148. The van der Waals surface area contributed by atoms with E-state index in [1.54, 1.807) is 10.7 Å². The fourth-order valence-electron chi connectivity index (χ4n) is 2.78. The van der Waals surface area contributed by atoms with Crippen LogP contribution in [0, 0.1) is 5.92 Å². The number of rotatable bonds is 1. The van der Waals surface area contributed by atoms with Crippen molar-refractivity contribution in [3.05, 3.63) is 47.8 Å². The Morgan fingerprint density at radius 1 is 1.14 bits per heavy atom. The number of carbonyl (C=O) groups is 1. The first kappa shape index (κ1) is 12.2. The van der Waals surface area contributed by atoms with E-state index in [1.165, 1.54) is 0 Å². The van der Waals surface area contributed by atoms with E-state index in [0.717, 1.165) is 17.7 Å². The summed E-state index contributed by atoms with van der Waals surface area (Å²) in [5.74, 6) is 1.67. The third kappa shape index (κ3) is 2.01. The molecule has 0 fully saturated rings. The summed E-state index contributed by atoms with van der Waals surface area (Å²) in [5.41, 5.74) is 2.48. The Balaban J connectivity index is 1.88. The quantitative estimate of drug-likeness (QED) is 0.686. The molecular weight excluding hydrogens is 264 g/mol. The second-order valence-electron chi connectivity index (χ2n) is 5.58. The number of ketones is 1. The maximum atomic E-state index is 12.1. The first-order valence-electron chi connectivity index (χ1n) is 7.05. The summed E-state index contributed by atoms with van der Waals surface area (Å²) in [7, 11) is 0. The highest BCUT2D eigenvalue weighted by atomic mass is 16.1. The molecule has 5 nitrogen and oxygen atoms in total. The van der Waals surface area contributed by atoms with Gasteiger partial charge in [0.2, 0.25) is 0 Å². The van der Waals surface area contributed by atoms with E-state index in [0.29, 0.717) is 29.5 Å². The summed E-state index contributed by atoms with van der Waals surface area (Å²) < 4.78 is 1.61. The van der Waals surface area contributed by atoms with Gasteiger partial charge in [0, 0.05) is 18.2 Å². The highest BCUT2D eigenvalue weighted by Gasteiger charge is 2.25. The molecule has 104 valence electrons. The van der Waals surface area contributed by atoms with Gasteiger partial charge in [-0.3, -0.25) is 4.79 Å². The largest absolute Gasteiger partial charge is 0.294 e. The molecule has 1 unspecified atom stereocenters. The van der Waals surface area contributed by atoms with Crippen molar-refractivity contribution in [2.45, 2.75) is 19.8 Å². The lowest BCUT2D eigenvalue weighted by molar-refractivity contribution is 0.0951. The van der Waals surface area contributed by atoms with Gasteiger partial charge in [0.05, 0.1) is 11.3 Å². The predicted molar refractivity (Wildman–Crippen MR) is 78.0 cm³/mol. The lowest BCUT2D eigenvalue weighted by Crippen LogP contribution is -2.20. The molecule has 0 radical (unpaired) electrons. The Morgan fingerprint density at radius 2 is 1.95 bits per heavy atom. The van der Waals surface area contributed by atoms with Crippen LogP contribution in [0.15, 0.2) is 36.5 Å². The van der Waals surface area contributed by atoms with Gasteiger partial charge >= 0.3 is 0 Å². The lowest BCUT2D eigenvalue weighted by Gasteiger charge is -2.18. The minimum Gasteiger partial charge on any atom is -0.294 e. The molecule has 1 aromatic carbocycles. The van der Waals surface area contributed by atoms with Crippen LogP contribution >= 0.6 is 0 Å². The van der Waals surface area contributed by atoms with E-state index in [2.05, 4.69) is 22.0 Å². The molecule has 0 spiro atoms. The fraction of sp³-hybridized carbons (Fsp3) is 0.250. The van der Waals surface area contributed by atoms with E-state index >= 15 is 0 Å². The van der Waals surface area contributed by atoms with Gasteiger partial charge in [-0.2, -0.15) is 4.98 Å². The number of aromatic nitrogens is 4. The van der Waals surface area contributed by atoms with Gasteiger partial charge < -0.3 is 0 Å². The number of benzene rings is 1. The van der Waals surface area contributed by atoms with Crippen LogP contribution in [0.4, 0.5) is 0 Å². The second kappa shape index (κ2) is 4.48. The molecule has 2 heterocycles. The van der Waals surface area contributed by atoms with Crippen LogP contribution in [-0.2, 0) is 6.42 Å². The number of hydrogen-bond acceptors (Lipinski definition) is 4. The van der Waals surface area contributed by atoms with Crippen LogP contribution in [0.3, 0.4) is 0 Å². The summed E-state index contributed by atoms with van der Waals surface area (Å²) in [6.45, 7) is 2.08. The van der Waals surface area contributed by atoms with Crippen LogP contribution < -0.4 is 0 Å². The first-order valence-corrected chi connectivity index (χ1v) is 7.05. The third-order valence-corrected chi connectivity index (χ3v) is 3.82. The number of Topliss-reactive ketones (excluding diaryl/α,β-unsaturated/α-hetero) is 1. The molecule has 2 aromatic heterocycles. The normalized spacial score (nSPS) is 18.0. The number of carbonyl (C=O) groups excluding carboxylic acids is 1. The molecule has 0 amide bonds. The monoisotopic (exact) mass is 278 g/mol. The van der Waals surface area contributed by atoms with E-state index in [9.17, 15) is 4.79 Å². The standard InChI is InChI=1S/C16H14N4O/c1-10-7-13-12(14(21)8-10)9-20-16(17-13)18-15(19-20)11-5-3-2-4-6-11/h2-6,9-10H,7-8H2,1H3. The van der Waals surface area contributed by atoms with Gasteiger partial charge in [0.1, 0.15) is 0 Å². The molecule has 3 aromatic rings. The van der Waals surface area contributed by atoms with Crippen molar-refractivity contribution < 1.29 is 4.79 Å². The number of hydrogen-bond donors (Lipinski definition) is 0. The van der Waals surface area contributed by atoms with Crippen LogP contribution in [0.2, 0.25) is 0 Å². The fourth-order valence-corrected chi connectivity index (χ4v) is 2.78. The van der Waals surface area contributed by atoms with Crippen LogP contribution in [0.5, 0.6) is 0 Å². The van der Waals surface area contributed by atoms with Gasteiger partial charge in [-0.05, 0) is 12.3 Å². The molecule has 4 rings (SSSR count). The molecule has 0 N–H and O–H groups in total. The average Bonchev–Trinajstić information content (AvgIpc) is 2.89. The van der Waals surface area contributed by atoms with Crippen molar-refractivity contribution in [2.75, 3.05) is 0 Å². The van der Waals surface area contributed by atoms with Crippen LogP contribution in [0.25, 0.3) is 17.2 Å². The maximum Gasteiger partial charge on any atom is 0.252 e. The van der Waals surface area contributed by atoms with Crippen molar-refractivity contribution in [3.8, 4) is 11.4 Å². The smallest absolute Gasteiger partial charge is 0.252 e. The van der Waals surface area contributed by atoms with Crippen LogP contribution in [0.1, 0.15) is 29.4 Å². The van der Waals surface area contributed by atoms with Gasteiger partial charge in [-0.15, -0.1) is 5.10 Å². The molecule has 0 aliphatic heterocycles. The van der Waals surface area contributed by atoms with E-state index in [4.69, 9.17) is 0 Å². The van der Waals surface area contributed by atoms with Gasteiger partial charge in [0.25, 0.3) is 5.78 Å². The van der Waals surface area contributed by atoms with Crippen molar-refractivity contribution in [2.24, 2.45) is 5.92 Å². The first-order chi connectivity index (χ1) is 10.2. The summed E-state index contributed by atoms with van der Waals surface area (Å²) in [4.78, 5) is 21.1. The third-order valence-electron chi connectivity index (χ3n) is 3.82. The summed E-state index contributed by atoms with van der Waals surface area (Å²) in [6, 6.07) is 9.77. The van der Waals surface area contributed by atoms with Crippen LogP contribution in [-0.4, -0.2) is 25.4 Å². The Hall–Kier alpha value is -2.56. The van der Waals surface area contributed by atoms with Crippen molar-refractivity contribution >= 4 is 11.6 Å². The van der Waals surface area contributed by atoms with Gasteiger partial charge in [0.15, 0.2) is 11.6 Å². The topological polar surface area (TPSA) is 60.2 Å². The molecule has 0 saturated heterocycles. The zero-order valence-electron chi connectivity index (χ0n) is 11.7. The Labute approximate surface area is 121 Å². The highest BCUT2D eigenvalue weighted by molar-refractivity contribution is 5.98. The summed E-state index contributed by atoms with van der Waals surface area (Å²) in [6.07, 6.45) is 3.18. The van der Waals surface area contributed by atoms with Crippen molar-refractivity contribution in [3.63, 3.8) is 0 Å². The lowest BCUT2D eigenvalue weighted by atomic mass is 9.88. The maximum absolute atomic E-state index is 12.1. The van der Waals surface area contributed by atoms with Crippen molar-refractivity contribution in [1.82, 2.24) is 19.6 Å². The molecule has 0 bridgehead atoms. The van der Waals surface area contributed by atoms with Gasteiger partial charge in [-0.1, -0.05) is 37.3 Å². The Bertz CT molecular complexity index is 838. The number of fused-ring (bicyclic) bond motifs is 2. The zero-order valence-corrected chi connectivity index (χ0v) is 11.7. The highest BCUT2D eigenvalue weighted by Crippen LogP contribution is 2.24. The summed E-state index contributed by atoms with van der Waals surface area (Å²) >= 11 is 0. The minimum absolute atomic E-state index is 0.148. The molecule has 0 saturated carbocycles. The Morgan fingerprint density at radius 3 is 2.76 bits per heavy atom. The predicted octanol–water partition coefficient (Wildman–Crippen LogP) is 2.56. The van der Waals surface area contributed by atoms with Gasteiger partial charge in [-0.25, -0.2) is 9.50 Å². The SMILES string of the molecule is CC1CC(=O)c2cn3nc(-c4ccccc4)nc3nc2C1. The summed E-state index contributed by atoms with van der Waals surface area (Å²) in [5, 5.41) is 4.44. The van der Waals surface area contributed by atoms with E-state index < -0.39 is 0 Å². The molecule has 1 aliphatic rings. The number of nitrogens with zero attached hydrogens (tertiary/aromatic N) is 4.